The van der Waals surface area contributed by atoms with Crippen molar-refractivity contribution >= 4 is 5.91 Å². The summed E-state index contributed by atoms with van der Waals surface area (Å²) in [6, 6.07) is 13.6. The molecule has 4 heteroatoms. The lowest BCUT2D eigenvalue weighted by atomic mass is 9.86. The largest absolute Gasteiger partial charge is 0.486 e. The van der Waals surface area contributed by atoms with Crippen LogP contribution < -0.4 is 14.8 Å². The predicted molar refractivity (Wildman–Crippen MR) is 98.5 cm³/mol. The second-order valence-corrected chi connectivity index (χ2v) is 7.43. The number of carbonyl (C=O) groups excluding carboxylic acids is 1. The molecule has 0 radical (unpaired) electrons. The summed E-state index contributed by atoms with van der Waals surface area (Å²) in [5, 5.41) is 3.04. The minimum atomic E-state index is -0.121. The Morgan fingerprint density at radius 3 is 2.28 bits per heavy atom. The first-order valence-electron chi connectivity index (χ1n) is 8.65. The normalized spacial score (nSPS) is 14.7. The van der Waals surface area contributed by atoms with Gasteiger partial charge in [-0.05, 0) is 41.7 Å². The molecule has 1 heterocycles. The molecular formula is C21H25NO3. The van der Waals surface area contributed by atoms with Crippen LogP contribution in [0.15, 0.2) is 42.5 Å². The first-order chi connectivity index (χ1) is 11.8. The number of hydrogen-bond acceptors (Lipinski definition) is 3. The van der Waals surface area contributed by atoms with E-state index in [1.165, 1.54) is 5.56 Å². The summed E-state index contributed by atoms with van der Waals surface area (Å²) in [6.45, 7) is 9.61. The van der Waals surface area contributed by atoms with Gasteiger partial charge in [0.25, 0.3) is 5.91 Å². The zero-order valence-electron chi connectivity index (χ0n) is 15.3. The molecule has 2 aromatic rings. The lowest BCUT2D eigenvalue weighted by Gasteiger charge is -2.21. The Hall–Kier alpha value is -2.49. The van der Waals surface area contributed by atoms with Crippen molar-refractivity contribution in [3.63, 3.8) is 0 Å². The van der Waals surface area contributed by atoms with E-state index in [-0.39, 0.29) is 17.4 Å². The van der Waals surface area contributed by atoms with Crippen LogP contribution in [0.1, 0.15) is 55.2 Å². The van der Waals surface area contributed by atoms with E-state index in [1.807, 2.05) is 6.92 Å². The maximum atomic E-state index is 12.5. The third-order valence-electron chi connectivity index (χ3n) is 4.43. The van der Waals surface area contributed by atoms with Gasteiger partial charge in [0.2, 0.25) is 0 Å². The number of benzene rings is 2. The quantitative estimate of drug-likeness (QED) is 0.909. The molecule has 1 aliphatic heterocycles. The summed E-state index contributed by atoms with van der Waals surface area (Å²) in [5.41, 5.74) is 3.05. The average molecular weight is 339 g/mol. The standard InChI is InChI=1S/C21H25NO3/c1-14(15-5-8-17(9-6-15)21(2,3)4)22-20(23)16-7-10-18-19(13-16)25-12-11-24-18/h5-10,13-14H,11-12H2,1-4H3,(H,22,23)/t14-/m1/s1. The zero-order chi connectivity index (χ0) is 18.0. The number of amides is 1. The summed E-state index contributed by atoms with van der Waals surface area (Å²) >= 11 is 0. The summed E-state index contributed by atoms with van der Waals surface area (Å²) in [7, 11) is 0. The van der Waals surface area contributed by atoms with Gasteiger partial charge < -0.3 is 14.8 Å². The zero-order valence-corrected chi connectivity index (χ0v) is 15.3. The van der Waals surface area contributed by atoms with Gasteiger partial charge in [-0.1, -0.05) is 45.0 Å². The molecule has 0 bridgehead atoms. The van der Waals surface area contributed by atoms with E-state index >= 15 is 0 Å². The van der Waals surface area contributed by atoms with Crippen LogP contribution in [0.5, 0.6) is 11.5 Å². The molecule has 132 valence electrons. The summed E-state index contributed by atoms with van der Waals surface area (Å²) in [4.78, 5) is 12.5. The molecule has 1 atom stereocenters. The highest BCUT2D eigenvalue weighted by Crippen LogP contribution is 2.31. The lowest BCUT2D eigenvalue weighted by molar-refractivity contribution is 0.0938. The van der Waals surface area contributed by atoms with E-state index in [9.17, 15) is 4.79 Å². The van der Waals surface area contributed by atoms with Crippen molar-refractivity contribution in [1.82, 2.24) is 5.32 Å². The van der Waals surface area contributed by atoms with Gasteiger partial charge in [-0.2, -0.15) is 0 Å². The topological polar surface area (TPSA) is 47.6 Å². The Balaban J connectivity index is 1.70. The van der Waals surface area contributed by atoms with Crippen molar-refractivity contribution in [3.8, 4) is 11.5 Å². The van der Waals surface area contributed by atoms with Crippen LogP contribution in [0.25, 0.3) is 0 Å². The van der Waals surface area contributed by atoms with Crippen LogP contribution >= 0.6 is 0 Å². The minimum Gasteiger partial charge on any atom is -0.486 e. The van der Waals surface area contributed by atoms with Crippen molar-refractivity contribution in [1.29, 1.82) is 0 Å². The van der Waals surface area contributed by atoms with Gasteiger partial charge in [0.15, 0.2) is 11.5 Å². The third-order valence-corrected chi connectivity index (χ3v) is 4.43. The fraction of sp³-hybridized carbons (Fsp3) is 0.381. The second-order valence-electron chi connectivity index (χ2n) is 7.43. The first-order valence-corrected chi connectivity index (χ1v) is 8.65. The van der Waals surface area contributed by atoms with Crippen molar-refractivity contribution < 1.29 is 14.3 Å². The van der Waals surface area contributed by atoms with Crippen LogP contribution in [-0.4, -0.2) is 19.1 Å². The number of nitrogens with one attached hydrogen (secondary N) is 1. The van der Waals surface area contributed by atoms with Crippen LogP contribution in [0.3, 0.4) is 0 Å². The minimum absolute atomic E-state index is 0.0743. The number of hydrogen-bond donors (Lipinski definition) is 1. The molecule has 0 aromatic heterocycles. The monoisotopic (exact) mass is 339 g/mol. The van der Waals surface area contributed by atoms with Crippen LogP contribution in [0.2, 0.25) is 0 Å². The average Bonchev–Trinajstić information content (AvgIpc) is 2.60. The van der Waals surface area contributed by atoms with Gasteiger partial charge in [0, 0.05) is 5.56 Å². The van der Waals surface area contributed by atoms with E-state index in [0.29, 0.717) is 30.3 Å². The SMILES string of the molecule is C[C@@H](NC(=O)c1ccc2c(c1)OCCO2)c1ccc(C(C)(C)C)cc1. The molecular weight excluding hydrogens is 314 g/mol. The highest BCUT2D eigenvalue weighted by Gasteiger charge is 2.18. The van der Waals surface area contributed by atoms with Crippen molar-refractivity contribution in [2.24, 2.45) is 0 Å². The number of ether oxygens (including phenoxy) is 2. The summed E-state index contributed by atoms with van der Waals surface area (Å²) in [5.74, 6) is 1.19. The van der Waals surface area contributed by atoms with Crippen molar-refractivity contribution in [3.05, 3.63) is 59.2 Å². The van der Waals surface area contributed by atoms with Crippen molar-refractivity contribution in [2.45, 2.75) is 39.2 Å². The van der Waals surface area contributed by atoms with E-state index in [0.717, 1.165) is 5.56 Å². The maximum Gasteiger partial charge on any atom is 0.251 e. The van der Waals surface area contributed by atoms with E-state index in [4.69, 9.17) is 9.47 Å². The molecule has 0 aliphatic carbocycles. The van der Waals surface area contributed by atoms with Gasteiger partial charge in [0.1, 0.15) is 13.2 Å². The molecule has 0 fully saturated rings. The van der Waals surface area contributed by atoms with Crippen LogP contribution in [0, 0.1) is 0 Å². The molecule has 0 spiro atoms. The number of rotatable bonds is 3. The van der Waals surface area contributed by atoms with E-state index in [1.54, 1.807) is 18.2 Å². The molecule has 1 amide bonds. The first kappa shape index (κ1) is 17.3. The Labute approximate surface area is 149 Å². The smallest absolute Gasteiger partial charge is 0.251 e. The number of fused-ring (bicyclic) bond motifs is 1. The van der Waals surface area contributed by atoms with Gasteiger partial charge in [-0.3, -0.25) is 4.79 Å². The Morgan fingerprint density at radius 2 is 1.64 bits per heavy atom. The van der Waals surface area contributed by atoms with Crippen LogP contribution in [-0.2, 0) is 5.41 Å². The van der Waals surface area contributed by atoms with E-state index < -0.39 is 0 Å². The summed E-state index contributed by atoms with van der Waals surface area (Å²) in [6.07, 6.45) is 0. The second kappa shape index (κ2) is 6.79. The lowest BCUT2D eigenvalue weighted by Crippen LogP contribution is -2.27. The molecule has 3 rings (SSSR count). The van der Waals surface area contributed by atoms with Gasteiger partial charge >= 0.3 is 0 Å². The molecule has 0 saturated heterocycles. The van der Waals surface area contributed by atoms with Gasteiger partial charge in [0.05, 0.1) is 6.04 Å². The molecule has 0 saturated carbocycles. The predicted octanol–water partition coefficient (Wildman–Crippen LogP) is 4.25. The molecule has 1 N–H and O–H groups in total. The number of carbonyl (C=O) groups is 1. The molecule has 0 unspecified atom stereocenters. The van der Waals surface area contributed by atoms with E-state index in [2.05, 4.69) is 50.4 Å². The van der Waals surface area contributed by atoms with Gasteiger partial charge in [-0.25, -0.2) is 0 Å². The molecule has 4 nitrogen and oxygen atoms in total. The van der Waals surface area contributed by atoms with Crippen molar-refractivity contribution in [2.75, 3.05) is 13.2 Å². The molecule has 1 aliphatic rings. The Bertz CT molecular complexity index is 760. The maximum absolute atomic E-state index is 12.5. The fourth-order valence-corrected chi connectivity index (χ4v) is 2.82. The highest BCUT2D eigenvalue weighted by molar-refractivity contribution is 5.95. The Kier molecular flexibility index (Phi) is 4.71. The van der Waals surface area contributed by atoms with Crippen LogP contribution in [0.4, 0.5) is 0 Å². The molecule has 25 heavy (non-hydrogen) atoms. The van der Waals surface area contributed by atoms with Gasteiger partial charge in [-0.15, -0.1) is 0 Å². The molecule has 2 aromatic carbocycles. The fourth-order valence-electron chi connectivity index (χ4n) is 2.82. The third kappa shape index (κ3) is 3.95. The Morgan fingerprint density at radius 1 is 1.00 bits per heavy atom. The highest BCUT2D eigenvalue weighted by atomic mass is 16.6. The summed E-state index contributed by atoms with van der Waals surface area (Å²) < 4.78 is 11.0.